The van der Waals surface area contributed by atoms with Gasteiger partial charge in [0.25, 0.3) is 0 Å². The monoisotopic (exact) mass is 170 g/mol. The first-order chi connectivity index (χ1) is 5.81. The van der Waals surface area contributed by atoms with Gasteiger partial charge in [0, 0.05) is 24.8 Å². The zero-order valence-electron chi connectivity index (χ0n) is 7.51. The van der Waals surface area contributed by atoms with E-state index in [1.165, 1.54) is 0 Å². The molecule has 2 fully saturated rings. The van der Waals surface area contributed by atoms with Crippen LogP contribution in [0.15, 0.2) is 0 Å². The van der Waals surface area contributed by atoms with Crippen molar-refractivity contribution >= 4 is 0 Å². The van der Waals surface area contributed by atoms with Gasteiger partial charge in [-0.2, -0.15) is 0 Å². The van der Waals surface area contributed by atoms with Crippen LogP contribution in [0.4, 0.5) is 0 Å². The van der Waals surface area contributed by atoms with Crippen LogP contribution in [0.25, 0.3) is 0 Å². The first-order valence-corrected chi connectivity index (χ1v) is 4.89. The average Bonchev–Trinajstić information content (AvgIpc) is 2.05. The van der Waals surface area contributed by atoms with Gasteiger partial charge in [0.1, 0.15) is 0 Å². The lowest BCUT2D eigenvalue weighted by molar-refractivity contribution is 0.0240. The van der Waals surface area contributed by atoms with E-state index in [1.807, 2.05) is 0 Å². The largest absolute Gasteiger partial charge is 0.381 e. The van der Waals surface area contributed by atoms with Crippen LogP contribution in [0.5, 0.6) is 0 Å². The SMILES string of the molecule is NC1CCNC2(CCOCC2)C1. The molecule has 2 rings (SSSR count). The Morgan fingerprint density at radius 1 is 1.33 bits per heavy atom. The summed E-state index contributed by atoms with van der Waals surface area (Å²) in [5, 5.41) is 3.60. The van der Waals surface area contributed by atoms with Crippen LogP contribution in [0.1, 0.15) is 25.7 Å². The molecule has 0 aromatic carbocycles. The molecule has 3 nitrogen and oxygen atoms in total. The first kappa shape index (κ1) is 8.48. The summed E-state index contributed by atoms with van der Waals surface area (Å²) >= 11 is 0. The summed E-state index contributed by atoms with van der Waals surface area (Å²) in [5.41, 5.74) is 6.29. The standard InChI is InChI=1S/C9H18N2O/c10-8-1-4-11-9(7-8)2-5-12-6-3-9/h8,11H,1-7,10H2. The van der Waals surface area contributed by atoms with E-state index in [0.29, 0.717) is 11.6 Å². The Bertz CT molecular complexity index is 149. The molecule has 2 aliphatic heterocycles. The van der Waals surface area contributed by atoms with Gasteiger partial charge in [-0.1, -0.05) is 0 Å². The van der Waals surface area contributed by atoms with Crippen molar-refractivity contribution in [3.8, 4) is 0 Å². The Balaban J connectivity index is 1.97. The molecule has 0 saturated carbocycles. The summed E-state index contributed by atoms with van der Waals surface area (Å²) in [6.45, 7) is 2.89. The van der Waals surface area contributed by atoms with Crippen molar-refractivity contribution in [2.75, 3.05) is 19.8 Å². The fourth-order valence-corrected chi connectivity index (χ4v) is 2.34. The zero-order chi connectivity index (χ0) is 8.44. The molecule has 12 heavy (non-hydrogen) atoms. The second-order valence-electron chi connectivity index (χ2n) is 4.07. The van der Waals surface area contributed by atoms with E-state index in [4.69, 9.17) is 10.5 Å². The van der Waals surface area contributed by atoms with Crippen LogP contribution in [-0.4, -0.2) is 31.3 Å². The minimum absolute atomic E-state index is 0.329. The summed E-state index contributed by atoms with van der Waals surface area (Å²) in [6, 6.07) is 0.407. The van der Waals surface area contributed by atoms with Crippen LogP contribution in [-0.2, 0) is 4.74 Å². The molecule has 0 aromatic heterocycles. The maximum Gasteiger partial charge on any atom is 0.0483 e. The summed E-state index contributed by atoms with van der Waals surface area (Å²) in [7, 11) is 0. The maximum absolute atomic E-state index is 5.96. The topological polar surface area (TPSA) is 47.3 Å². The number of nitrogens with one attached hydrogen (secondary N) is 1. The summed E-state index contributed by atoms with van der Waals surface area (Å²) in [4.78, 5) is 0. The molecule has 0 bridgehead atoms. The van der Waals surface area contributed by atoms with Gasteiger partial charge in [-0.05, 0) is 32.2 Å². The molecule has 0 aliphatic carbocycles. The van der Waals surface area contributed by atoms with Gasteiger partial charge in [0.05, 0.1) is 0 Å². The lowest BCUT2D eigenvalue weighted by Crippen LogP contribution is -2.57. The summed E-state index contributed by atoms with van der Waals surface area (Å²) in [6.07, 6.45) is 4.54. The van der Waals surface area contributed by atoms with Crippen molar-refractivity contribution in [2.24, 2.45) is 5.73 Å². The van der Waals surface area contributed by atoms with Crippen LogP contribution in [0.2, 0.25) is 0 Å². The fourth-order valence-electron chi connectivity index (χ4n) is 2.34. The van der Waals surface area contributed by atoms with Crippen molar-refractivity contribution in [1.82, 2.24) is 5.32 Å². The third-order valence-corrected chi connectivity index (χ3v) is 3.12. The Hall–Kier alpha value is -0.120. The minimum atomic E-state index is 0.329. The molecule has 3 N–H and O–H groups in total. The van der Waals surface area contributed by atoms with E-state index in [9.17, 15) is 0 Å². The Labute approximate surface area is 73.7 Å². The number of rotatable bonds is 0. The molecule has 1 unspecified atom stereocenters. The third-order valence-electron chi connectivity index (χ3n) is 3.12. The highest BCUT2D eigenvalue weighted by Crippen LogP contribution is 2.28. The number of nitrogens with two attached hydrogens (primary N) is 1. The Morgan fingerprint density at radius 2 is 2.08 bits per heavy atom. The lowest BCUT2D eigenvalue weighted by Gasteiger charge is -2.43. The van der Waals surface area contributed by atoms with Gasteiger partial charge >= 0.3 is 0 Å². The van der Waals surface area contributed by atoms with Gasteiger partial charge < -0.3 is 15.8 Å². The second-order valence-corrected chi connectivity index (χ2v) is 4.07. The smallest absolute Gasteiger partial charge is 0.0483 e. The average molecular weight is 170 g/mol. The Morgan fingerprint density at radius 3 is 2.75 bits per heavy atom. The summed E-state index contributed by atoms with van der Waals surface area (Å²) < 4.78 is 5.35. The van der Waals surface area contributed by atoms with Crippen molar-refractivity contribution in [1.29, 1.82) is 0 Å². The van der Waals surface area contributed by atoms with E-state index >= 15 is 0 Å². The molecular weight excluding hydrogens is 152 g/mol. The normalized spacial score (nSPS) is 35.2. The molecule has 0 radical (unpaired) electrons. The van der Waals surface area contributed by atoms with E-state index in [1.54, 1.807) is 0 Å². The molecule has 2 heterocycles. The van der Waals surface area contributed by atoms with Gasteiger partial charge in [0.2, 0.25) is 0 Å². The van der Waals surface area contributed by atoms with Crippen molar-refractivity contribution < 1.29 is 4.74 Å². The first-order valence-electron chi connectivity index (χ1n) is 4.89. The highest BCUT2D eigenvalue weighted by Gasteiger charge is 2.35. The molecule has 0 aromatic rings. The van der Waals surface area contributed by atoms with Gasteiger partial charge in [-0.15, -0.1) is 0 Å². The summed E-state index contributed by atoms with van der Waals surface area (Å²) in [5.74, 6) is 0. The molecular formula is C9H18N2O. The molecule has 1 atom stereocenters. The van der Waals surface area contributed by atoms with E-state index in [-0.39, 0.29) is 0 Å². The molecule has 3 heteroatoms. The van der Waals surface area contributed by atoms with Crippen LogP contribution < -0.4 is 11.1 Å². The highest BCUT2D eigenvalue weighted by atomic mass is 16.5. The zero-order valence-corrected chi connectivity index (χ0v) is 7.51. The molecule has 1 spiro atoms. The Kier molecular flexibility index (Phi) is 2.35. The number of piperidine rings is 1. The predicted molar refractivity (Wildman–Crippen MR) is 48.0 cm³/mol. The fraction of sp³-hybridized carbons (Fsp3) is 1.00. The van der Waals surface area contributed by atoms with Gasteiger partial charge in [-0.25, -0.2) is 0 Å². The lowest BCUT2D eigenvalue weighted by atomic mass is 9.80. The quantitative estimate of drug-likeness (QED) is 0.547. The molecule has 2 saturated heterocycles. The second kappa shape index (κ2) is 3.32. The highest BCUT2D eigenvalue weighted by molar-refractivity contribution is 4.96. The van der Waals surface area contributed by atoms with Crippen LogP contribution in [0.3, 0.4) is 0 Å². The maximum atomic E-state index is 5.96. The van der Waals surface area contributed by atoms with Crippen LogP contribution in [0, 0.1) is 0 Å². The van der Waals surface area contributed by atoms with Crippen LogP contribution >= 0.6 is 0 Å². The van der Waals surface area contributed by atoms with Gasteiger partial charge in [-0.3, -0.25) is 0 Å². The van der Waals surface area contributed by atoms with E-state index < -0.39 is 0 Å². The predicted octanol–water partition coefficient (Wildman–Crippen LogP) is 0.246. The van der Waals surface area contributed by atoms with Crippen molar-refractivity contribution in [3.63, 3.8) is 0 Å². The molecule has 0 amide bonds. The molecule has 2 aliphatic rings. The third kappa shape index (κ3) is 1.63. The van der Waals surface area contributed by atoms with E-state index in [0.717, 1.165) is 45.4 Å². The van der Waals surface area contributed by atoms with Crippen molar-refractivity contribution in [3.05, 3.63) is 0 Å². The van der Waals surface area contributed by atoms with Gasteiger partial charge in [0.15, 0.2) is 0 Å². The van der Waals surface area contributed by atoms with E-state index in [2.05, 4.69) is 5.32 Å². The number of hydrogen-bond donors (Lipinski definition) is 2. The minimum Gasteiger partial charge on any atom is -0.381 e. The number of hydrogen-bond acceptors (Lipinski definition) is 3. The van der Waals surface area contributed by atoms with Crippen molar-refractivity contribution in [2.45, 2.75) is 37.3 Å². The number of ether oxygens (including phenoxy) is 1. The molecule has 70 valence electrons.